The van der Waals surface area contributed by atoms with E-state index in [1.54, 1.807) is 33.6 Å². The van der Waals surface area contributed by atoms with Crippen LogP contribution >= 0.6 is 0 Å². The average Bonchev–Trinajstić information content (AvgIpc) is 4.10. The topological polar surface area (TPSA) is 172 Å². The molecule has 8 aromatic rings. The molecule has 2 N–H and O–H groups in total. The molecule has 0 saturated heterocycles. The number of carbonyl (C=O) groups excluding carboxylic acids is 4. The number of hydrogen-bond acceptors (Lipinski definition) is 10. The molecule has 0 radical (unpaired) electrons. The van der Waals surface area contributed by atoms with Gasteiger partial charge in [0.05, 0.1) is 39.7 Å². The van der Waals surface area contributed by atoms with Crippen molar-refractivity contribution in [1.82, 2.24) is 40.6 Å². The number of aromatic nitrogens is 6. The average molecular weight is 989 g/mol. The van der Waals surface area contributed by atoms with Crippen molar-refractivity contribution in [3.8, 4) is 22.5 Å². The lowest BCUT2D eigenvalue weighted by Crippen LogP contribution is -2.42. The van der Waals surface area contributed by atoms with Crippen LogP contribution in [0.3, 0.4) is 0 Å². The maximum absolute atomic E-state index is 13.0. The molecule has 14 heteroatoms. The van der Waals surface area contributed by atoms with Crippen molar-refractivity contribution in [2.24, 2.45) is 11.8 Å². The molecule has 14 nitrogen and oxygen atoms in total. The van der Waals surface area contributed by atoms with Crippen LogP contribution in [0, 0.1) is 11.8 Å². The van der Waals surface area contributed by atoms with Gasteiger partial charge in [0, 0.05) is 22.3 Å². The number of esters is 2. The molecular weight excluding hydrogens is 929 g/mol. The molecule has 6 aromatic carbocycles. The quantitative estimate of drug-likeness (QED) is 0.0553. The summed E-state index contributed by atoms with van der Waals surface area (Å²) in [6.45, 7) is 8.91. The molecule has 0 saturated carbocycles. The van der Waals surface area contributed by atoms with Gasteiger partial charge in [-0.2, -0.15) is 0 Å². The third-order valence-electron chi connectivity index (χ3n) is 12.5. The first-order valence-corrected chi connectivity index (χ1v) is 24.7. The third kappa shape index (κ3) is 13.0. The second-order valence-corrected chi connectivity index (χ2v) is 19.0. The standard InChI is InChI=1S/C60H60N8O6/c1-39(2)33-51(59(71)73-5)61-57(69)49-29-25-43(26-30-49)53-37-67(65-63-53)35-41-17-21-47(22-18-41)56(55(45-13-9-7-10-14-45)46-15-11-8-12-16-46)48-23-19-42(20-24-48)36-68-38-54(64-66-68)44-27-31-50(32-28-44)58(70)62-52(34-40(3)4)60(72)74-6/h7-32,37-40,51-52H,33-36H2,1-6H3,(H,61,69)(H,62,70)/t51-,52-/m0/s1. The van der Waals surface area contributed by atoms with Gasteiger partial charge in [-0.05, 0) is 93.5 Å². The molecule has 0 aliphatic rings. The van der Waals surface area contributed by atoms with E-state index in [2.05, 4.69) is 128 Å². The summed E-state index contributed by atoms with van der Waals surface area (Å²) < 4.78 is 13.4. The molecule has 2 aromatic heterocycles. The summed E-state index contributed by atoms with van der Waals surface area (Å²) in [5.41, 5.74) is 12.3. The van der Waals surface area contributed by atoms with Gasteiger partial charge in [0.15, 0.2) is 0 Å². The summed E-state index contributed by atoms with van der Waals surface area (Å²) in [7, 11) is 2.64. The van der Waals surface area contributed by atoms with E-state index >= 15 is 0 Å². The van der Waals surface area contributed by atoms with E-state index < -0.39 is 24.0 Å². The number of nitrogens with one attached hydrogen (secondary N) is 2. The molecule has 0 unspecified atom stereocenters. The van der Waals surface area contributed by atoms with Crippen molar-refractivity contribution < 1.29 is 28.7 Å². The zero-order chi connectivity index (χ0) is 52.1. The van der Waals surface area contributed by atoms with E-state index in [9.17, 15) is 19.2 Å². The zero-order valence-corrected chi connectivity index (χ0v) is 42.4. The number of ether oxygens (including phenoxy) is 2. The molecule has 0 fully saturated rings. The lowest BCUT2D eigenvalue weighted by atomic mass is 9.85. The summed E-state index contributed by atoms with van der Waals surface area (Å²) in [5.74, 6) is -1.26. The predicted molar refractivity (Wildman–Crippen MR) is 285 cm³/mol. The fraction of sp³-hybridized carbons (Fsp3) is 0.233. The second kappa shape index (κ2) is 24.1. The SMILES string of the molecule is COC(=O)[C@H](CC(C)C)NC(=O)c1ccc(-c2cn(Cc3ccc(C(=C(c4ccccc4)c4ccccc4)c4ccc(Cn5cc(-c6ccc(C(=O)N[C@@H](CC(C)C)C(=O)OC)cc6)nn5)cc4)cc3)nn2)cc1. The molecule has 74 heavy (non-hydrogen) atoms. The van der Waals surface area contributed by atoms with Crippen LogP contribution < -0.4 is 10.6 Å². The molecule has 2 atom stereocenters. The number of amides is 2. The minimum Gasteiger partial charge on any atom is -0.467 e. The van der Waals surface area contributed by atoms with Crippen LogP contribution in [0.2, 0.25) is 0 Å². The van der Waals surface area contributed by atoms with Crippen molar-refractivity contribution >= 4 is 34.9 Å². The van der Waals surface area contributed by atoms with Gasteiger partial charge in [-0.1, -0.05) is 172 Å². The van der Waals surface area contributed by atoms with Crippen LogP contribution in [-0.4, -0.2) is 80.0 Å². The largest absolute Gasteiger partial charge is 0.467 e. The fourth-order valence-corrected chi connectivity index (χ4v) is 8.79. The van der Waals surface area contributed by atoms with Gasteiger partial charge in [0.2, 0.25) is 0 Å². The van der Waals surface area contributed by atoms with Gasteiger partial charge < -0.3 is 20.1 Å². The Morgan fingerprint density at radius 2 is 0.770 bits per heavy atom. The van der Waals surface area contributed by atoms with Gasteiger partial charge in [0.1, 0.15) is 23.5 Å². The maximum atomic E-state index is 13.0. The molecule has 0 aliphatic heterocycles. The van der Waals surface area contributed by atoms with Crippen LogP contribution in [0.1, 0.15) is 94.6 Å². The number of carbonyl (C=O) groups is 4. The molecular formula is C60H60N8O6. The van der Waals surface area contributed by atoms with Crippen molar-refractivity contribution in [1.29, 1.82) is 0 Å². The van der Waals surface area contributed by atoms with Gasteiger partial charge >= 0.3 is 11.9 Å². The van der Waals surface area contributed by atoms with Crippen LogP contribution in [0.15, 0.2) is 170 Å². The molecule has 8 rings (SSSR count). The summed E-state index contributed by atoms with van der Waals surface area (Å²) in [5, 5.41) is 23.3. The van der Waals surface area contributed by atoms with Crippen LogP contribution in [0.25, 0.3) is 33.7 Å². The normalized spacial score (nSPS) is 11.9. The smallest absolute Gasteiger partial charge is 0.328 e. The Morgan fingerprint density at radius 1 is 0.446 bits per heavy atom. The summed E-state index contributed by atoms with van der Waals surface area (Å²) >= 11 is 0. The zero-order valence-electron chi connectivity index (χ0n) is 42.4. The number of rotatable bonds is 20. The molecule has 2 heterocycles. The van der Waals surface area contributed by atoms with Crippen molar-refractivity contribution in [3.05, 3.63) is 215 Å². The molecule has 0 bridgehead atoms. The van der Waals surface area contributed by atoms with Crippen molar-refractivity contribution in [2.75, 3.05) is 14.2 Å². The maximum Gasteiger partial charge on any atom is 0.328 e. The van der Waals surface area contributed by atoms with E-state index in [4.69, 9.17) is 9.47 Å². The minimum absolute atomic E-state index is 0.193. The van der Waals surface area contributed by atoms with Crippen LogP contribution in [-0.2, 0) is 32.2 Å². The lowest BCUT2D eigenvalue weighted by molar-refractivity contribution is -0.144. The Morgan fingerprint density at radius 3 is 1.09 bits per heavy atom. The first-order valence-electron chi connectivity index (χ1n) is 24.7. The monoisotopic (exact) mass is 988 g/mol. The fourth-order valence-electron chi connectivity index (χ4n) is 8.79. The first-order chi connectivity index (χ1) is 35.8. The van der Waals surface area contributed by atoms with E-state index in [0.717, 1.165) is 55.7 Å². The highest BCUT2D eigenvalue weighted by Gasteiger charge is 2.25. The number of hydrogen-bond donors (Lipinski definition) is 2. The van der Waals surface area contributed by atoms with Gasteiger partial charge in [-0.15, -0.1) is 10.2 Å². The van der Waals surface area contributed by atoms with E-state index in [1.165, 1.54) is 14.2 Å². The third-order valence-corrected chi connectivity index (χ3v) is 12.5. The van der Waals surface area contributed by atoms with Gasteiger partial charge in [0.25, 0.3) is 11.8 Å². The van der Waals surface area contributed by atoms with Crippen molar-refractivity contribution in [3.63, 3.8) is 0 Å². The number of benzene rings is 6. The first kappa shape index (κ1) is 51.6. The summed E-state index contributed by atoms with van der Waals surface area (Å²) in [6.07, 6.45) is 4.71. The molecule has 2 amide bonds. The Bertz CT molecular complexity index is 2990. The van der Waals surface area contributed by atoms with Crippen molar-refractivity contribution in [2.45, 2.75) is 65.7 Å². The summed E-state index contributed by atoms with van der Waals surface area (Å²) in [4.78, 5) is 50.7. The van der Waals surface area contributed by atoms with E-state index in [0.29, 0.717) is 48.4 Å². The van der Waals surface area contributed by atoms with Crippen LogP contribution in [0.4, 0.5) is 0 Å². The number of nitrogens with zero attached hydrogens (tertiary/aromatic N) is 6. The predicted octanol–water partition coefficient (Wildman–Crippen LogP) is 9.94. The highest BCUT2D eigenvalue weighted by molar-refractivity contribution is 6.04. The molecule has 0 spiro atoms. The highest BCUT2D eigenvalue weighted by atomic mass is 16.5. The molecule has 376 valence electrons. The van der Waals surface area contributed by atoms with Gasteiger partial charge in [-0.3, -0.25) is 9.59 Å². The van der Waals surface area contributed by atoms with E-state index in [-0.39, 0.29) is 23.7 Å². The van der Waals surface area contributed by atoms with Gasteiger partial charge in [-0.25, -0.2) is 19.0 Å². The Labute approximate surface area is 431 Å². The molecule has 0 aliphatic carbocycles. The Balaban J connectivity index is 0.993. The van der Waals surface area contributed by atoms with Crippen LogP contribution in [0.5, 0.6) is 0 Å². The lowest BCUT2D eigenvalue weighted by Gasteiger charge is -2.19. The Hall–Kier alpha value is -8.78. The Kier molecular flexibility index (Phi) is 16.8. The minimum atomic E-state index is -0.728. The number of methoxy groups -OCH3 is 2. The second-order valence-electron chi connectivity index (χ2n) is 19.0. The highest BCUT2D eigenvalue weighted by Crippen LogP contribution is 2.37. The summed E-state index contributed by atoms with van der Waals surface area (Å²) in [6, 6.07) is 50.6. The van der Waals surface area contributed by atoms with E-state index in [1.807, 2.05) is 76.5 Å².